The van der Waals surface area contributed by atoms with Crippen molar-refractivity contribution in [2.24, 2.45) is 0 Å². The number of amides is 1. The Bertz CT molecular complexity index is 209. The van der Waals surface area contributed by atoms with Crippen LogP contribution in [0.1, 0.15) is 19.8 Å². The Labute approximate surface area is 60.5 Å². The maximum atomic E-state index is 11.1. The van der Waals surface area contributed by atoms with Gasteiger partial charge in [0.15, 0.2) is 0 Å². The summed E-state index contributed by atoms with van der Waals surface area (Å²) < 4.78 is 0. The fourth-order valence-electron chi connectivity index (χ4n) is 1.86. The molecule has 54 valence electrons. The summed E-state index contributed by atoms with van der Waals surface area (Å²) in [5.74, 6) is 0.194. The Kier molecular flexibility index (Phi) is 0.967. The first-order valence-electron chi connectivity index (χ1n) is 3.73. The Morgan fingerprint density at radius 2 is 2.50 bits per heavy atom. The quantitative estimate of drug-likeness (QED) is 0.486. The Morgan fingerprint density at radius 3 is 3.20 bits per heavy atom. The van der Waals surface area contributed by atoms with Crippen LogP contribution < -0.4 is 0 Å². The molecule has 0 radical (unpaired) electrons. The largest absolute Gasteiger partial charge is 0.330 e. The van der Waals surface area contributed by atoms with Crippen LogP contribution in [0.2, 0.25) is 0 Å². The van der Waals surface area contributed by atoms with Gasteiger partial charge in [-0.2, -0.15) is 0 Å². The van der Waals surface area contributed by atoms with Gasteiger partial charge in [0.1, 0.15) is 0 Å². The standard InChI is InChI=1S/C8H11NO/c1-8-4-2-6-9(8)7(10)3-5-8/h3,5H,2,4,6H2,1H3. The van der Waals surface area contributed by atoms with Gasteiger partial charge in [-0.25, -0.2) is 0 Å². The highest BCUT2D eigenvalue weighted by molar-refractivity contribution is 5.91. The molecular formula is C8H11NO. The van der Waals surface area contributed by atoms with Crippen LogP contribution in [0.3, 0.4) is 0 Å². The maximum Gasteiger partial charge on any atom is 0.247 e. The first-order valence-corrected chi connectivity index (χ1v) is 3.73. The van der Waals surface area contributed by atoms with E-state index >= 15 is 0 Å². The van der Waals surface area contributed by atoms with E-state index in [9.17, 15) is 4.79 Å². The van der Waals surface area contributed by atoms with Crippen molar-refractivity contribution in [2.45, 2.75) is 25.3 Å². The summed E-state index contributed by atoms with van der Waals surface area (Å²) in [7, 11) is 0. The smallest absolute Gasteiger partial charge is 0.247 e. The molecule has 1 fully saturated rings. The Balaban J connectivity index is 2.35. The minimum absolute atomic E-state index is 0.0804. The predicted molar refractivity (Wildman–Crippen MR) is 38.5 cm³/mol. The molecule has 1 amide bonds. The van der Waals surface area contributed by atoms with Crippen molar-refractivity contribution in [1.82, 2.24) is 4.90 Å². The molecule has 1 unspecified atom stereocenters. The summed E-state index contributed by atoms with van der Waals surface area (Å²) in [6.45, 7) is 3.07. The average Bonchev–Trinajstić information content (AvgIpc) is 2.35. The van der Waals surface area contributed by atoms with Crippen molar-refractivity contribution in [3.8, 4) is 0 Å². The molecule has 2 heterocycles. The van der Waals surface area contributed by atoms with Crippen LogP contribution >= 0.6 is 0 Å². The predicted octanol–water partition coefficient (Wildman–Crippen LogP) is 0.937. The van der Waals surface area contributed by atoms with Crippen molar-refractivity contribution in [1.29, 1.82) is 0 Å². The van der Waals surface area contributed by atoms with Crippen LogP contribution in [0.4, 0.5) is 0 Å². The first kappa shape index (κ1) is 5.96. The summed E-state index contributed by atoms with van der Waals surface area (Å²) >= 11 is 0. The molecular weight excluding hydrogens is 126 g/mol. The van der Waals surface area contributed by atoms with Gasteiger partial charge in [-0.3, -0.25) is 4.79 Å². The number of fused-ring (bicyclic) bond motifs is 1. The molecule has 2 nitrogen and oxygen atoms in total. The second kappa shape index (κ2) is 1.62. The number of nitrogens with zero attached hydrogens (tertiary/aromatic N) is 1. The van der Waals surface area contributed by atoms with Crippen molar-refractivity contribution in [3.63, 3.8) is 0 Å². The third-order valence-electron chi connectivity index (χ3n) is 2.53. The third kappa shape index (κ3) is 0.564. The lowest BCUT2D eigenvalue weighted by Crippen LogP contribution is -2.37. The molecule has 10 heavy (non-hydrogen) atoms. The number of hydrogen-bond acceptors (Lipinski definition) is 1. The van der Waals surface area contributed by atoms with Crippen LogP contribution in [-0.2, 0) is 4.79 Å². The van der Waals surface area contributed by atoms with Gasteiger partial charge in [-0.15, -0.1) is 0 Å². The third-order valence-corrected chi connectivity index (χ3v) is 2.53. The molecule has 0 spiro atoms. The van der Waals surface area contributed by atoms with Gasteiger partial charge in [0.05, 0.1) is 5.54 Å². The fraction of sp³-hybridized carbons (Fsp3) is 0.625. The molecule has 2 rings (SSSR count). The number of hydrogen-bond donors (Lipinski definition) is 0. The number of carbonyl (C=O) groups is 1. The molecule has 0 N–H and O–H groups in total. The van der Waals surface area contributed by atoms with Gasteiger partial charge in [-0.1, -0.05) is 6.08 Å². The highest BCUT2D eigenvalue weighted by Gasteiger charge is 2.40. The summed E-state index contributed by atoms with van der Waals surface area (Å²) in [5, 5.41) is 0. The van der Waals surface area contributed by atoms with Gasteiger partial charge in [0.2, 0.25) is 5.91 Å². The maximum absolute atomic E-state index is 11.1. The van der Waals surface area contributed by atoms with Crippen LogP contribution in [0.5, 0.6) is 0 Å². The van der Waals surface area contributed by atoms with Gasteiger partial charge in [-0.05, 0) is 19.8 Å². The lowest BCUT2D eigenvalue weighted by molar-refractivity contribution is -0.126. The summed E-state index contributed by atoms with van der Waals surface area (Å²) in [6.07, 6.45) is 6.02. The lowest BCUT2D eigenvalue weighted by atomic mass is 10.0. The van der Waals surface area contributed by atoms with Crippen molar-refractivity contribution in [3.05, 3.63) is 12.2 Å². The number of carbonyl (C=O) groups excluding carboxylic acids is 1. The van der Waals surface area contributed by atoms with Crippen LogP contribution in [0.15, 0.2) is 12.2 Å². The molecule has 1 atom stereocenters. The molecule has 0 aliphatic carbocycles. The summed E-state index contributed by atoms with van der Waals surface area (Å²) in [5.41, 5.74) is 0.0804. The minimum Gasteiger partial charge on any atom is -0.330 e. The Hall–Kier alpha value is -0.790. The second-order valence-electron chi connectivity index (χ2n) is 3.28. The van der Waals surface area contributed by atoms with E-state index in [2.05, 4.69) is 6.92 Å². The van der Waals surface area contributed by atoms with Gasteiger partial charge < -0.3 is 4.90 Å². The molecule has 0 aromatic carbocycles. The molecule has 2 aliphatic rings. The highest BCUT2D eigenvalue weighted by atomic mass is 16.2. The normalized spacial score (nSPS) is 37.3. The van der Waals surface area contributed by atoms with Gasteiger partial charge in [0.25, 0.3) is 0 Å². The second-order valence-corrected chi connectivity index (χ2v) is 3.28. The van der Waals surface area contributed by atoms with E-state index < -0.39 is 0 Å². The van der Waals surface area contributed by atoms with Crippen molar-refractivity contribution in [2.75, 3.05) is 6.54 Å². The van der Waals surface area contributed by atoms with E-state index in [1.54, 1.807) is 6.08 Å². The van der Waals surface area contributed by atoms with Crippen LogP contribution in [-0.4, -0.2) is 22.9 Å². The van der Waals surface area contributed by atoms with E-state index in [1.165, 1.54) is 0 Å². The van der Waals surface area contributed by atoms with Crippen molar-refractivity contribution < 1.29 is 4.79 Å². The number of rotatable bonds is 0. The van der Waals surface area contributed by atoms with Crippen molar-refractivity contribution >= 4 is 5.91 Å². The zero-order chi connectivity index (χ0) is 7.19. The topological polar surface area (TPSA) is 20.3 Å². The summed E-state index contributed by atoms with van der Waals surface area (Å²) in [4.78, 5) is 13.1. The molecule has 0 bridgehead atoms. The van der Waals surface area contributed by atoms with Gasteiger partial charge in [0, 0.05) is 12.6 Å². The zero-order valence-corrected chi connectivity index (χ0v) is 6.13. The van der Waals surface area contributed by atoms with E-state index in [1.807, 2.05) is 11.0 Å². The molecule has 1 saturated heterocycles. The van der Waals surface area contributed by atoms with E-state index in [0.717, 1.165) is 19.4 Å². The van der Waals surface area contributed by atoms with Crippen LogP contribution in [0, 0.1) is 0 Å². The Morgan fingerprint density at radius 1 is 1.70 bits per heavy atom. The van der Waals surface area contributed by atoms with E-state index in [0.29, 0.717) is 0 Å². The average molecular weight is 137 g/mol. The SMILES string of the molecule is CC12C=CC(=O)N1CCC2. The fourth-order valence-corrected chi connectivity index (χ4v) is 1.86. The minimum atomic E-state index is 0.0804. The molecule has 2 aliphatic heterocycles. The first-order chi connectivity index (χ1) is 4.72. The zero-order valence-electron chi connectivity index (χ0n) is 6.13. The van der Waals surface area contributed by atoms with E-state index in [4.69, 9.17) is 0 Å². The monoisotopic (exact) mass is 137 g/mol. The molecule has 0 saturated carbocycles. The van der Waals surface area contributed by atoms with Crippen LogP contribution in [0.25, 0.3) is 0 Å². The lowest BCUT2D eigenvalue weighted by Gasteiger charge is -2.26. The summed E-state index contributed by atoms with van der Waals surface area (Å²) in [6, 6.07) is 0. The molecule has 0 aromatic rings. The van der Waals surface area contributed by atoms with E-state index in [-0.39, 0.29) is 11.4 Å². The molecule has 0 aromatic heterocycles. The highest BCUT2D eigenvalue weighted by Crippen LogP contribution is 2.33. The molecule has 2 heteroatoms. The van der Waals surface area contributed by atoms with Gasteiger partial charge >= 0.3 is 0 Å².